The fraction of sp³-hybridized carbons (Fsp3) is 0.182. The quantitative estimate of drug-likeness (QED) is 0.270. The molecule has 0 aliphatic heterocycles. The van der Waals surface area contributed by atoms with E-state index < -0.39 is 5.97 Å². The summed E-state index contributed by atoms with van der Waals surface area (Å²) in [6.07, 6.45) is 0. The first-order valence-corrected chi connectivity index (χ1v) is 5.26. The van der Waals surface area contributed by atoms with Gasteiger partial charge in [-0.3, -0.25) is 0 Å². The summed E-state index contributed by atoms with van der Waals surface area (Å²) in [4.78, 5) is 14.1. The third kappa shape index (κ3) is 3.52. The molecule has 0 heterocycles. The number of ether oxygens (including phenoxy) is 1. The highest BCUT2D eigenvalue weighted by Crippen LogP contribution is 2.23. The molecule has 0 saturated carbocycles. The van der Waals surface area contributed by atoms with Gasteiger partial charge in [-0.15, -0.1) is 0 Å². The predicted molar refractivity (Wildman–Crippen MR) is 65.0 cm³/mol. The van der Waals surface area contributed by atoms with Crippen molar-refractivity contribution in [2.45, 2.75) is 6.92 Å². The molecule has 0 aromatic heterocycles. The number of halogens is 1. The number of hydrogen-bond acceptors (Lipinski definition) is 3. The average molecular weight is 252 g/mol. The number of carbonyl (C=O) groups excluding carboxylic acids is 1. The van der Waals surface area contributed by atoms with Gasteiger partial charge in [0.25, 0.3) is 0 Å². The fourth-order valence-electron chi connectivity index (χ4n) is 1.16. The van der Waals surface area contributed by atoms with Gasteiger partial charge in [0.2, 0.25) is 0 Å². The van der Waals surface area contributed by atoms with Gasteiger partial charge in [0.1, 0.15) is 5.03 Å². The largest absolute Gasteiger partial charge is 0.462 e. The summed E-state index contributed by atoms with van der Waals surface area (Å²) in [5, 5.41) is 3.20. The Hall–Kier alpha value is -1.97. The van der Waals surface area contributed by atoms with Crippen LogP contribution in [0.4, 0.5) is 0 Å². The maximum Gasteiger partial charge on any atom is 0.350 e. The van der Waals surface area contributed by atoms with E-state index in [9.17, 15) is 4.79 Å². The van der Waals surface area contributed by atoms with Gasteiger partial charge in [0.05, 0.1) is 12.3 Å². The van der Waals surface area contributed by atoms with Crippen molar-refractivity contribution in [2.24, 2.45) is 5.11 Å². The van der Waals surface area contributed by atoms with Crippen molar-refractivity contribution in [1.82, 2.24) is 0 Å². The molecule has 5 nitrogen and oxygen atoms in total. The van der Waals surface area contributed by atoms with E-state index in [0.29, 0.717) is 5.56 Å². The second-order valence-corrected chi connectivity index (χ2v) is 3.32. The minimum absolute atomic E-state index is 0.0632. The molecule has 0 N–H and O–H groups in total. The maximum absolute atomic E-state index is 11.4. The Bertz CT molecular complexity index is 479. The molecule has 0 fully saturated rings. The Kier molecular flexibility index (Phi) is 5.07. The lowest BCUT2D eigenvalue weighted by molar-refractivity contribution is -0.137. The van der Waals surface area contributed by atoms with Crippen molar-refractivity contribution in [3.63, 3.8) is 0 Å². The van der Waals surface area contributed by atoms with Crippen LogP contribution in [0.25, 0.3) is 16.1 Å². The number of benzene rings is 1. The van der Waals surface area contributed by atoms with E-state index in [4.69, 9.17) is 21.9 Å². The van der Waals surface area contributed by atoms with Crippen LogP contribution >= 0.6 is 11.6 Å². The van der Waals surface area contributed by atoms with Gasteiger partial charge in [-0.1, -0.05) is 47.0 Å². The third-order valence-corrected chi connectivity index (χ3v) is 2.19. The van der Waals surface area contributed by atoms with Crippen LogP contribution in [0.2, 0.25) is 0 Å². The van der Waals surface area contributed by atoms with Crippen molar-refractivity contribution in [2.75, 3.05) is 6.61 Å². The molecule has 1 aromatic carbocycles. The SMILES string of the molecule is CCOC(=O)/C(Cl)=C(\N=[N+]=[N-])c1ccccc1. The van der Waals surface area contributed by atoms with E-state index in [2.05, 4.69) is 10.0 Å². The van der Waals surface area contributed by atoms with Crippen LogP contribution in [0, 0.1) is 0 Å². The van der Waals surface area contributed by atoms with Gasteiger partial charge >= 0.3 is 5.97 Å². The summed E-state index contributed by atoms with van der Waals surface area (Å²) in [5.41, 5.74) is 9.09. The zero-order valence-corrected chi connectivity index (χ0v) is 9.89. The lowest BCUT2D eigenvalue weighted by Gasteiger charge is -2.05. The van der Waals surface area contributed by atoms with Crippen LogP contribution in [0.15, 0.2) is 40.5 Å². The molecule has 0 amide bonds. The van der Waals surface area contributed by atoms with Gasteiger partial charge in [0, 0.05) is 4.91 Å². The van der Waals surface area contributed by atoms with E-state index >= 15 is 0 Å². The van der Waals surface area contributed by atoms with Crippen molar-refractivity contribution < 1.29 is 9.53 Å². The number of azide groups is 1. The number of esters is 1. The van der Waals surface area contributed by atoms with Crippen LogP contribution in [0.5, 0.6) is 0 Å². The first kappa shape index (κ1) is 13.1. The van der Waals surface area contributed by atoms with Crippen LogP contribution in [0.1, 0.15) is 12.5 Å². The number of carbonyl (C=O) groups is 1. The molecule has 6 heteroatoms. The topological polar surface area (TPSA) is 75.1 Å². The van der Waals surface area contributed by atoms with E-state index in [1.807, 2.05) is 0 Å². The second-order valence-electron chi connectivity index (χ2n) is 2.94. The van der Waals surface area contributed by atoms with Gasteiger partial charge in [-0.25, -0.2) is 4.79 Å². The Balaban J connectivity index is 3.21. The molecule has 0 bridgehead atoms. The Morgan fingerprint density at radius 3 is 2.65 bits per heavy atom. The minimum Gasteiger partial charge on any atom is -0.462 e. The Morgan fingerprint density at radius 1 is 1.47 bits per heavy atom. The number of rotatable bonds is 4. The van der Waals surface area contributed by atoms with Crippen LogP contribution in [-0.4, -0.2) is 12.6 Å². The fourth-order valence-corrected chi connectivity index (χ4v) is 1.36. The maximum atomic E-state index is 11.4. The molecule has 1 rings (SSSR count). The lowest BCUT2D eigenvalue weighted by atomic mass is 10.1. The molecule has 1 aromatic rings. The van der Waals surface area contributed by atoms with Gasteiger partial charge in [-0.2, -0.15) is 0 Å². The molecule has 17 heavy (non-hydrogen) atoms. The van der Waals surface area contributed by atoms with E-state index in [0.717, 1.165) is 0 Å². The average Bonchev–Trinajstić information content (AvgIpc) is 2.36. The van der Waals surface area contributed by atoms with Crippen LogP contribution < -0.4 is 0 Å². The summed E-state index contributed by atoms with van der Waals surface area (Å²) < 4.78 is 4.74. The zero-order valence-electron chi connectivity index (χ0n) is 9.13. The molecule has 0 spiro atoms. The lowest BCUT2D eigenvalue weighted by Crippen LogP contribution is -2.05. The summed E-state index contributed by atoms with van der Waals surface area (Å²) in [6.45, 7) is 1.87. The second kappa shape index (κ2) is 6.58. The molecule has 88 valence electrons. The zero-order chi connectivity index (χ0) is 12.7. The first-order chi connectivity index (χ1) is 8.20. The molecular formula is C11H10ClN3O2. The van der Waals surface area contributed by atoms with Gasteiger partial charge in [0.15, 0.2) is 0 Å². The van der Waals surface area contributed by atoms with E-state index in [1.54, 1.807) is 37.3 Å². The van der Waals surface area contributed by atoms with Crippen molar-refractivity contribution in [3.05, 3.63) is 51.4 Å². The summed E-state index contributed by atoms with van der Waals surface area (Å²) >= 11 is 5.83. The minimum atomic E-state index is -0.708. The summed E-state index contributed by atoms with van der Waals surface area (Å²) in [7, 11) is 0. The highest BCUT2D eigenvalue weighted by molar-refractivity contribution is 6.44. The molecule has 0 unspecified atom stereocenters. The molecule has 0 aliphatic rings. The molecule has 0 atom stereocenters. The standard InChI is InChI=1S/C11H10ClN3O2/c1-2-17-11(16)9(12)10(14-15-13)8-6-4-3-5-7-8/h3-7H,2H2,1H3/b10-9+. The molecule has 0 radical (unpaired) electrons. The van der Waals surface area contributed by atoms with E-state index in [1.165, 1.54) is 0 Å². The van der Waals surface area contributed by atoms with Crippen molar-refractivity contribution >= 4 is 23.3 Å². The third-order valence-electron chi connectivity index (χ3n) is 1.85. The van der Waals surface area contributed by atoms with Gasteiger partial charge < -0.3 is 4.74 Å². The van der Waals surface area contributed by atoms with Crippen molar-refractivity contribution in [3.8, 4) is 0 Å². The monoisotopic (exact) mass is 251 g/mol. The highest BCUT2D eigenvalue weighted by atomic mass is 35.5. The predicted octanol–water partition coefficient (Wildman–Crippen LogP) is 3.47. The highest BCUT2D eigenvalue weighted by Gasteiger charge is 2.14. The number of hydrogen-bond donors (Lipinski definition) is 0. The summed E-state index contributed by atoms with van der Waals surface area (Å²) in [5.74, 6) is -0.708. The Labute approximate surface area is 103 Å². The van der Waals surface area contributed by atoms with Crippen molar-refractivity contribution in [1.29, 1.82) is 0 Å². The number of nitrogens with zero attached hydrogens (tertiary/aromatic N) is 3. The first-order valence-electron chi connectivity index (χ1n) is 4.88. The summed E-state index contributed by atoms with van der Waals surface area (Å²) in [6, 6.07) is 8.67. The Morgan fingerprint density at radius 2 is 2.12 bits per heavy atom. The molecule has 0 aliphatic carbocycles. The molecular weight excluding hydrogens is 242 g/mol. The normalized spacial score (nSPS) is 11.2. The van der Waals surface area contributed by atoms with Crippen LogP contribution in [-0.2, 0) is 9.53 Å². The molecule has 0 saturated heterocycles. The smallest absolute Gasteiger partial charge is 0.350 e. The van der Waals surface area contributed by atoms with E-state index in [-0.39, 0.29) is 17.3 Å². The van der Waals surface area contributed by atoms with Gasteiger partial charge in [-0.05, 0) is 18.0 Å². The van der Waals surface area contributed by atoms with Crippen LogP contribution in [0.3, 0.4) is 0 Å².